The van der Waals surface area contributed by atoms with Crippen molar-refractivity contribution in [2.75, 3.05) is 5.32 Å². The second kappa shape index (κ2) is 6.59. The van der Waals surface area contributed by atoms with Gasteiger partial charge >= 0.3 is 6.03 Å². The summed E-state index contributed by atoms with van der Waals surface area (Å²) in [6.07, 6.45) is 3.99. The van der Waals surface area contributed by atoms with Gasteiger partial charge in [-0.1, -0.05) is 18.2 Å². The number of nitrogens with one attached hydrogen (secondary N) is 3. The predicted octanol–water partition coefficient (Wildman–Crippen LogP) is 3.05. The molecule has 1 aliphatic carbocycles. The molecule has 0 radical (unpaired) electrons. The van der Waals surface area contributed by atoms with Crippen LogP contribution in [0.5, 0.6) is 0 Å². The lowest BCUT2D eigenvalue weighted by Gasteiger charge is -2.09. The molecule has 1 aliphatic rings. The van der Waals surface area contributed by atoms with E-state index in [-0.39, 0.29) is 24.0 Å². The molecule has 0 fully saturated rings. The second-order valence-electron chi connectivity index (χ2n) is 6.88. The quantitative estimate of drug-likeness (QED) is 0.443. The number of nitrogens with zero attached hydrogens (tertiary/aromatic N) is 2. The fraction of sp³-hybridized carbons (Fsp3) is 0.0952. The lowest BCUT2D eigenvalue weighted by molar-refractivity contribution is 0.251. The van der Waals surface area contributed by atoms with Crippen LogP contribution in [0.4, 0.5) is 14.9 Å². The summed E-state index contributed by atoms with van der Waals surface area (Å²) in [6, 6.07) is 11.3. The minimum absolute atomic E-state index is 0.222. The number of rotatable bonds is 3. The molecule has 29 heavy (non-hydrogen) atoms. The number of carbonyl (C=O) groups excluding carboxylic acids is 1. The van der Waals surface area contributed by atoms with Crippen molar-refractivity contribution < 1.29 is 9.18 Å². The highest BCUT2D eigenvalue weighted by Gasteiger charge is 2.23. The minimum Gasteiger partial charge on any atom is -0.334 e. The Labute approximate surface area is 164 Å². The number of amides is 2. The lowest BCUT2D eigenvalue weighted by Crippen LogP contribution is -2.28. The lowest BCUT2D eigenvalue weighted by atomic mass is 10.1. The molecule has 0 spiro atoms. The Morgan fingerprint density at radius 3 is 3.00 bits per heavy atom. The van der Waals surface area contributed by atoms with Gasteiger partial charge in [-0.3, -0.25) is 9.20 Å². The summed E-state index contributed by atoms with van der Waals surface area (Å²) in [6.45, 7) is 0.222. The molecule has 2 amide bonds. The van der Waals surface area contributed by atoms with Crippen molar-refractivity contribution in [2.45, 2.75) is 13.0 Å². The molecule has 2 aromatic carbocycles. The average molecular weight is 389 g/mol. The average Bonchev–Trinajstić information content (AvgIpc) is 3.32. The van der Waals surface area contributed by atoms with Gasteiger partial charge in [0.05, 0.1) is 11.4 Å². The largest absolute Gasteiger partial charge is 0.334 e. The molecule has 0 unspecified atom stereocenters. The van der Waals surface area contributed by atoms with Crippen molar-refractivity contribution in [3.63, 3.8) is 0 Å². The number of aromatic amines is 1. The fourth-order valence-electron chi connectivity index (χ4n) is 3.69. The van der Waals surface area contributed by atoms with Crippen LogP contribution >= 0.6 is 0 Å². The van der Waals surface area contributed by atoms with E-state index in [1.807, 2.05) is 12.1 Å². The number of urea groups is 1. The van der Waals surface area contributed by atoms with Gasteiger partial charge in [-0.05, 0) is 35.4 Å². The molecular weight excluding hydrogens is 373 g/mol. The Morgan fingerprint density at radius 1 is 1.24 bits per heavy atom. The van der Waals surface area contributed by atoms with E-state index in [2.05, 4.69) is 20.6 Å². The van der Waals surface area contributed by atoms with E-state index in [1.165, 1.54) is 12.1 Å². The van der Waals surface area contributed by atoms with E-state index >= 15 is 0 Å². The normalized spacial score (nSPS) is 11.9. The van der Waals surface area contributed by atoms with Crippen molar-refractivity contribution in [3.05, 3.63) is 87.9 Å². The van der Waals surface area contributed by atoms with Crippen molar-refractivity contribution >= 4 is 17.4 Å². The summed E-state index contributed by atoms with van der Waals surface area (Å²) < 4.78 is 15.0. The first-order valence-corrected chi connectivity index (χ1v) is 9.09. The maximum atomic E-state index is 13.2. The van der Waals surface area contributed by atoms with Crippen LogP contribution in [0, 0.1) is 5.82 Å². The fourth-order valence-corrected chi connectivity index (χ4v) is 3.69. The van der Waals surface area contributed by atoms with Gasteiger partial charge in [0.15, 0.2) is 0 Å². The SMILES string of the molecule is O=C(NCc1cccc(F)c1)Nc1ccc2c(c1)Cc1c-2[nH]c(=O)c2nccn12. The van der Waals surface area contributed by atoms with Crippen molar-refractivity contribution in [3.8, 4) is 11.3 Å². The van der Waals surface area contributed by atoms with Crippen LogP contribution in [0.2, 0.25) is 0 Å². The number of fused-ring (bicyclic) bond motifs is 5. The molecule has 2 aromatic heterocycles. The molecule has 5 rings (SSSR count). The molecule has 4 aromatic rings. The van der Waals surface area contributed by atoms with Gasteiger partial charge in [-0.25, -0.2) is 14.2 Å². The number of carbonyl (C=O) groups is 1. The number of aromatic nitrogens is 3. The Morgan fingerprint density at radius 2 is 2.14 bits per heavy atom. The predicted molar refractivity (Wildman–Crippen MR) is 106 cm³/mol. The Balaban J connectivity index is 1.34. The van der Waals surface area contributed by atoms with E-state index in [1.54, 1.807) is 35.0 Å². The van der Waals surface area contributed by atoms with Crippen LogP contribution in [0.1, 0.15) is 16.8 Å². The van der Waals surface area contributed by atoms with Crippen LogP contribution in [-0.4, -0.2) is 20.4 Å². The summed E-state index contributed by atoms with van der Waals surface area (Å²) in [4.78, 5) is 31.4. The minimum atomic E-state index is -0.380. The van der Waals surface area contributed by atoms with E-state index < -0.39 is 0 Å². The Bertz CT molecular complexity index is 1320. The van der Waals surface area contributed by atoms with Crippen molar-refractivity contribution in [1.29, 1.82) is 0 Å². The third-order valence-corrected chi connectivity index (χ3v) is 4.99. The molecular formula is C21H16FN5O2. The number of imidazole rings is 1. The molecule has 7 nitrogen and oxygen atoms in total. The van der Waals surface area contributed by atoms with E-state index in [0.29, 0.717) is 23.3 Å². The standard InChI is InChI=1S/C21H16FN5O2/c22-14-3-1-2-12(8-14)11-24-21(29)25-15-4-5-16-13(9-15)10-17-18(16)26-20(28)19-23-6-7-27(17)19/h1-9H,10-11H2,(H,26,28)(H2,24,25,29). The highest BCUT2D eigenvalue weighted by molar-refractivity contribution is 5.90. The van der Waals surface area contributed by atoms with Crippen LogP contribution in [0.3, 0.4) is 0 Å². The van der Waals surface area contributed by atoms with Crippen LogP contribution in [-0.2, 0) is 13.0 Å². The van der Waals surface area contributed by atoms with Gasteiger partial charge in [0.2, 0.25) is 5.65 Å². The molecule has 2 heterocycles. The van der Waals surface area contributed by atoms with Gasteiger partial charge in [0.25, 0.3) is 5.56 Å². The van der Waals surface area contributed by atoms with Gasteiger partial charge < -0.3 is 15.6 Å². The van der Waals surface area contributed by atoms with E-state index in [4.69, 9.17) is 0 Å². The maximum Gasteiger partial charge on any atom is 0.319 e. The first-order chi connectivity index (χ1) is 14.1. The van der Waals surface area contributed by atoms with Gasteiger partial charge in [0.1, 0.15) is 5.82 Å². The molecule has 0 saturated heterocycles. The smallest absolute Gasteiger partial charge is 0.319 e. The van der Waals surface area contributed by atoms with Gasteiger partial charge in [-0.2, -0.15) is 0 Å². The summed E-state index contributed by atoms with van der Waals surface area (Å²) in [5.41, 5.74) is 5.11. The highest BCUT2D eigenvalue weighted by atomic mass is 19.1. The number of halogens is 1. The molecule has 0 bridgehead atoms. The summed E-state index contributed by atoms with van der Waals surface area (Å²) in [7, 11) is 0. The number of anilines is 1. The zero-order chi connectivity index (χ0) is 20.0. The summed E-state index contributed by atoms with van der Waals surface area (Å²) in [5, 5.41) is 5.50. The number of benzene rings is 2. The third kappa shape index (κ3) is 3.04. The monoisotopic (exact) mass is 389 g/mol. The summed E-state index contributed by atoms with van der Waals surface area (Å²) in [5.74, 6) is -0.340. The number of H-pyrrole nitrogens is 1. The third-order valence-electron chi connectivity index (χ3n) is 4.99. The molecule has 144 valence electrons. The molecule has 0 saturated carbocycles. The maximum absolute atomic E-state index is 13.2. The van der Waals surface area contributed by atoms with E-state index in [9.17, 15) is 14.0 Å². The molecule has 0 atom stereocenters. The Hall–Kier alpha value is -3.94. The molecule has 3 N–H and O–H groups in total. The number of hydrogen-bond donors (Lipinski definition) is 3. The van der Waals surface area contributed by atoms with Gasteiger partial charge in [-0.15, -0.1) is 0 Å². The van der Waals surface area contributed by atoms with Crippen LogP contribution < -0.4 is 16.2 Å². The van der Waals surface area contributed by atoms with Crippen molar-refractivity contribution in [2.24, 2.45) is 0 Å². The zero-order valence-corrected chi connectivity index (χ0v) is 15.2. The van der Waals surface area contributed by atoms with Crippen LogP contribution in [0.25, 0.3) is 16.9 Å². The number of hydrogen-bond acceptors (Lipinski definition) is 3. The Kier molecular flexibility index (Phi) is 3.90. The van der Waals surface area contributed by atoms with Crippen LogP contribution in [0.15, 0.2) is 59.7 Å². The zero-order valence-electron chi connectivity index (χ0n) is 15.2. The first-order valence-electron chi connectivity index (χ1n) is 9.09. The topological polar surface area (TPSA) is 91.3 Å². The summed E-state index contributed by atoms with van der Waals surface area (Å²) >= 11 is 0. The molecule has 8 heteroatoms. The van der Waals surface area contributed by atoms with Gasteiger partial charge in [0, 0.05) is 36.6 Å². The second-order valence-corrected chi connectivity index (χ2v) is 6.88. The first kappa shape index (κ1) is 17.2. The van der Waals surface area contributed by atoms with Crippen molar-refractivity contribution in [1.82, 2.24) is 19.7 Å². The molecule has 0 aliphatic heterocycles. The van der Waals surface area contributed by atoms with E-state index in [0.717, 1.165) is 22.5 Å². The highest BCUT2D eigenvalue weighted by Crippen LogP contribution is 2.35.